The second-order valence-corrected chi connectivity index (χ2v) is 10.3. The lowest BCUT2D eigenvalue weighted by Crippen LogP contribution is -2.49. The maximum Gasteiger partial charge on any atom is 0.167 e. The first-order valence-electron chi connectivity index (χ1n) is 13.3. The fourth-order valence-electron chi connectivity index (χ4n) is 4.59. The number of morpholine rings is 1. The number of piperazine rings is 1. The number of likely N-dealkylation sites (N-methyl/N-ethyl adjacent to an activating group) is 1. The van der Waals surface area contributed by atoms with Gasteiger partial charge in [0.2, 0.25) is 0 Å². The lowest BCUT2D eigenvalue weighted by atomic mass is 10.1. The Bertz CT molecular complexity index is 1080. The number of halogens is 1. The minimum absolute atomic E-state index is 0.241. The molecule has 0 spiro atoms. The summed E-state index contributed by atoms with van der Waals surface area (Å²) in [6, 6.07) is 10.1. The molecule has 37 heavy (non-hydrogen) atoms. The first-order valence-corrected chi connectivity index (χ1v) is 13.7. The number of amidine groups is 1. The van der Waals surface area contributed by atoms with Crippen molar-refractivity contribution >= 4 is 34.6 Å². The predicted octanol–water partition coefficient (Wildman–Crippen LogP) is 4.22. The zero-order valence-corrected chi connectivity index (χ0v) is 23.3. The third kappa shape index (κ3) is 7.29. The second kappa shape index (κ2) is 13.3. The summed E-state index contributed by atoms with van der Waals surface area (Å²) in [5.41, 5.74) is 2.96. The summed E-state index contributed by atoms with van der Waals surface area (Å²) >= 11 is 6.72. The van der Waals surface area contributed by atoms with Gasteiger partial charge in [-0.1, -0.05) is 36.4 Å². The smallest absolute Gasteiger partial charge is 0.167 e. The maximum atomic E-state index is 6.72. The quantitative estimate of drug-likeness (QED) is 0.314. The fourth-order valence-corrected chi connectivity index (χ4v) is 4.78. The van der Waals surface area contributed by atoms with E-state index in [0.29, 0.717) is 11.6 Å². The number of nitrogens with one attached hydrogen (secondary N) is 1. The van der Waals surface area contributed by atoms with E-state index < -0.39 is 0 Å². The summed E-state index contributed by atoms with van der Waals surface area (Å²) in [4.78, 5) is 22.2. The van der Waals surface area contributed by atoms with Crippen LogP contribution in [0.15, 0.2) is 41.4 Å². The summed E-state index contributed by atoms with van der Waals surface area (Å²) in [5, 5.41) is 3.38. The number of aromatic nitrogens is 2. The Kier molecular flexibility index (Phi) is 9.91. The average Bonchev–Trinajstić information content (AvgIpc) is 2.92. The van der Waals surface area contributed by atoms with E-state index in [1.165, 1.54) is 0 Å². The topological polar surface area (TPSA) is 69.1 Å². The van der Waals surface area contributed by atoms with Crippen LogP contribution in [-0.4, -0.2) is 108 Å². The molecule has 0 aliphatic carbocycles. The molecular weight excluding hydrogens is 486 g/mol. The van der Waals surface area contributed by atoms with Crippen LogP contribution < -0.4 is 5.32 Å². The standard InChI is InChI=1S/C28H40ClN7O/c1-5-21(2)24-26(30-11-12-35-17-19-37-20-18-35)31-25(23-9-7-6-8-10-23)32-27(24)33-28(22(3)29)36-15-13-34(4)14-16-36/h5-10,22H,11-20H2,1-4H3,(H,30,31,32). The molecular formula is C28H40ClN7O. The van der Waals surface area contributed by atoms with Crippen molar-refractivity contribution in [2.45, 2.75) is 26.1 Å². The summed E-state index contributed by atoms with van der Waals surface area (Å²) < 4.78 is 5.50. The number of nitrogens with zero attached hydrogens (tertiary/aromatic N) is 6. The normalized spacial score (nSPS) is 19.2. The summed E-state index contributed by atoms with van der Waals surface area (Å²) in [7, 11) is 2.15. The number of anilines is 1. The number of hydrogen-bond acceptors (Lipinski definition) is 7. The van der Waals surface area contributed by atoms with E-state index in [0.717, 1.165) is 93.9 Å². The summed E-state index contributed by atoms with van der Waals surface area (Å²) in [6.07, 6.45) is 2.09. The van der Waals surface area contributed by atoms with Crippen LogP contribution >= 0.6 is 11.6 Å². The molecule has 1 N–H and O–H groups in total. The molecule has 2 fully saturated rings. The summed E-state index contributed by atoms with van der Waals surface area (Å²) in [5.74, 6) is 2.97. The molecule has 4 rings (SSSR count). The molecule has 2 aromatic rings. The molecule has 3 heterocycles. The third-order valence-corrected chi connectivity index (χ3v) is 7.17. The van der Waals surface area contributed by atoms with Gasteiger partial charge in [-0.2, -0.15) is 0 Å². The molecule has 0 saturated carbocycles. The SMILES string of the molecule is CC=C(C)c1c(N=C(C(C)Cl)N2CCN(C)CC2)nc(-c2ccccc2)nc1NCCN1CCOCC1. The molecule has 0 amide bonds. The molecule has 200 valence electrons. The van der Waals surface area contributed by atoms with Gasteiger partial charge in [0.25, 0.3) is 0 Å². The van der Waals surface area contributed by atoms with Crippen molar-refractivity contribution in [3.05, 3.63) is 42.0 Å². The van der Waals surface area contributed by atoms with Crippen LogP contribution in [0.1, 0.15) is 26.3 Å². The van der Waals surface area contributed by atoms with Crippen molar-refractivity contribution in [1.82, 2.24) is 24.7 Å². The average molecular weight is 526 g/mol. The highest BCUT2D eigenvalue weighted by Crippen LogP contribution is 2.34. The van der Waals surface area contributed by atoms with Crippen LogP contribution in [-0.2, 0) is 4.74 Å². The van der Waals surface area contributed by atoms with Gasteiger partial charge in [-0.25, -0.2) is 15.0 Å². The highest BCUT2D eigenvalue weighted by atomic mass is 35.5. The number of allylic oxidation sites excluding steroid dienone is 2. The minimum atomic E-state index is -0.241. The monoisotopic (exact) mass is 525 g/mol. The molecule has 1 aromatic heterocycles. The van der Waals surface area contributed by atoms with Crippen molar-refractivity contribution in [2.24, 2.45) is 4.99 Å². The van der Waals surface area contributed by atoms with E-state index in [-0.39, 0.29) is 5.38 Å². The number of rotatable bonds is 8. The molecule has 0 bridgehead atoms. The van der Waals surface area contributed by atoms with Crippen molar-refractivity contribution in [2.75, 3.05) is 77.9 Å². The van der Waals surface area contributed by atoms with Crippen LogP contribution in [0.25, 0.3) is 17.0 Å². The molecule has 1 unspecified atom stereocenters. The van der Waals surface area contributed by atoms with Gasteiger partial charge in [0.1, 0.15) is 11.7 Å². The van der Waals surface area contributed by atoms with Gasteiger partial charge in [-0.05, 0) is 33.4 Å². The van der Waals surface area contributed by atoms with Crippen LogP contribution in [0, 0.1) is 0 Å². The largest absolute Gasteiger partial charge is 0.379 e. The fraction of sp³-hybridized carbons (Fsp3) is 0.536. The van der Waals surface area contributed by atoms with E-state index >= 15 is 0 Å². The Morgan fingerprint density at radius 3 is 2.46 bits per heavy atom. The highest BCUT2D eigenvalue weighted by molar-refractivity contribution is 6.31. The number of ether oxygens (including phenoxy) is 1. The Morgan fingerprint density at radius 1 is 1.11 bits per heavy atom. The first-order chi connectivity index (χ1) is 18.0. The lowest BCUT2D eigenvalue weighted by molar-refractivity contribution is 0.0398. The van der Waals surface area contributed by atoms with Gasteiger partial charge >= 0.3 is 0 Å². The predicted molar refractivity (Wildman–Crippen MR) is 154 cm³/mol. The van der Waals surface area contributed by atoms with Crippen molar-refractivity contribution < 1.29 is 4.74 Å². The number of alkyl halides is 1. The maximum absolute atomic E-state index is 6.72. The molecule has 2 aliphatic rings. The molecule has 2 saturated heterocycles. The molecule has 1 atom stereocenters. The lowest BCUT2D eigenvalue weighted by Gasteiger charge is -2.35. The van der Waals surface area contributed by atoms with Crippen molar-refractivity contribution in [3.63, 3.8) is 0 Å². The van der Waals surface area contributed by atoms with E-state index in [1.54, 1.807) is 0 Å². The van der Waals surface area contributed by atoms with Crippen LogP contribution in [0.4, 0.5) is 11.6 Å². The molecule has 0 radical (unpaired) electrons. The number of hydrogen-bond donors (Lipinski definition) is 1. The van der Waals surface area contributed by atoms with E-state index in [2.05, 4.69) is 40.1 Å². The van der Waals surface area contributed by atoms with Crippen LogP contribution in [0.5, 0.6) is 0 Å². The number of aliphatic imine (C=N–C) groups is 1. The molecule has 2 aliphatic heterocycles. The first kappa shape index (κ1) is 27.5. The highest BCUT2D eigenvalue weighted by Gasteiger charge is 2.24. The Hall–Kier alpha value is -2.52. The van der Waals surface area contributed by atoms with Crippen molar-refractivity contribution in [1.29, 1.82) is 0 Å². The van der Waals surface area contributed by atoms with E-state index in [9.17, 15) is 0 Å². The van der Waals surface area contributed by atoms with Gasteiger partial charge in [-0.3, -0.25) is 4.90 Å². The zero-order valence-electron chi connectivity index (χ0n) is 22.6. The third-order valence-electron chi connectivity index (χ3n) is 6.98. The molecule has 8 nitrogen and oxygen atoms in total. The van der Waals surface area contributed by atoms with Gasteiger partial charge in [0.15, 0.2) is 11.6 Å². The van der Waals surface area contributed by atoms with Gasteiger partial charge in [-0.15, -0.1) is 11.6 Å². The van der Waals surface area contributed by atoms with Crippen LogP contribution in [0.2, 0.25) is 0 Å². The minimum Gasteiger partial charge on any atom is -0.379 e. The number of benzene rings is 1. The molecule has 1 aromatic carbocycles. The Balaban J connectivity index is 1.75. The summed E-state index contributed by atoms with van der Waals surface area (Å²) in [6.45, 7) is 15.1. The van der Waals surface area contributed by atoms with Gasteiger partial charge < -0.3 is 19.9 Å². The molecule has 9 heteroatoms. The van der Waals surface area contributed by atoms with Gasteiger partial charge in [0, 0.05) is 57.9 Å². The second-order valence-electron chi connectivity index (χ2n) is 9.69. The van der Waals surface area contributed by atoms with Crippen molar-refractivity contribution in [3.8, 4) is 11.4 Å². The van der Waals surface area contributed by atoms with E-state index in [4.69, 9.17) is 31.3 Å². The van der Waals surface area contributed by atoms with Gasteiger partial charge in [0.05, 0.1) is 24.2 Å². The Labute approximate surface area is 226 Å². The zero-order chi connectivity index (χ0) is 26.2. The van der Waals surface area contributed by atoms with Crippen LogP contribution in [0.3, 0.4) is 0 Å². The Morgan fingerprint density at radius 2 is 1.81 bits per heavy atom. The van der Waals surface area contributed by atoms with E-state index in [1.807, 2.05) is 44.2 Å².